The van der Waals surface area contributed by atoms with Crippen LogP contribution in [0.5, 0.6) is 0 Å². The predicted molar refractivity (Wildman–Crippen MR) is 58.8 cm³/mol. The van der Waals surface area contributed by atoms with Crippen LogP contribution in [0.25, 0.3) is 0 Å². The van der Waals surface area contributed by atoms with E-state index in [1.54, 1.807) is 8.87 Å². The van der Waals surface area contributed by atoms with Crippen molar-refractivity contribution in [3.63, 3.8) is 0 Å². The monoisotopic (exact) mass is 316 g/mol. The first-order chi connectivity index (χ1) is 6.15. The predicted octanol–water partition coefficient (Wildman–Crippen LogP) is 2.32. The van der Waals surface area contributed by atoms with E-state index in [0.717, 1.165) is 0 Å². The standard InChI is InChI=1S/2C4H9.H3O3P.Sn/c2*1-3-4-2;1-4(2)3;/h2*1,3-4H2,2H3;1-3H;. The Morgan fingerprint density at radius 3 is 1.46 bits per heavy atom. The summed E-state index contributed by atoms with van der Waals surface area (Å²) in [6, 6.07) is 0. The maximum atomic E-state index is 7.23. The van der Waals surface area contributed by atoms with Crippen molar-refractivity contribution in [3.05, 3.63) is 0 Å². The molecule has 0 amide bonds. The van der Waals surface area contributed by atoms with Crippen LogP contribution >= 0.6 is 8.60 Å². The molecule has 3 nitrogen and oxygen atoms in total. The zero-order valence-electron chi connectivity index (χ0n) is 8.53. The van der Waals surface area contributed by atoms with Crippen molar-refractivity contribution >= 4 is 29.7 Å². The normalized spacial score (nSPS) is 9.69. The smallest absolute Gasteiger partial charge is 0.324 e. The van der Waals surface area contributed by atoms with Crippen LogP contribution in [0, 0.1) is 0 Å². The third-order valence-corrected chi connectivity index (χ3v) is 5.45. The van der Waals surface area contributed by atoms with Crippen molar-refractivity contribution in [2.45, 2.75) is 48.4 Å². The molecule has 0 bridgehead atoms. The Bertz CT molecular complexity index is 75.0. The molecule has 0 fully saturated rings. The van der Waals surface area contributed by atoms with Gasteiger partial charge in [-0.15, -0.1) is 0 Å². The summed E-state index contributed by atoms with van der Waals surface area (Å²) in [6.45, 7) is 4.58. The van der Waals surface area contributed by atoms with Crippen LogP contribution < -0.4 is 0 Å². The third-order valence-electron chi connectivity index (χ3n) is 1.41. The fourth-order valence-corrected chi connectivity index (χ4v) is 4.89. The van der Waals surface area contributed by atoms with Crippen molar-refractivity contribution in [2.24, 2.45) is 0 Å². The van der Waals surface area contributed by atoms with Gasteiger partial charge in [-0.1, -0.05) is 0 Å². The van der Waals surface area contributed by atoms with Crippen molar-refractivity contribution in [1.29, 1.82) is 0 Å². The van der Waals surface area contributed by atoms with Gasteiger partial charge in [0.1, 0.15) is 0 Å². The van der Waals surface area contributed by atoms with Gasteiger partial charge in [-0.3, -0.25) is 0 Å². The molecule has 0 aromatic rings. The largest absolute Gasteiger partial charge is 0.328 e. The van der Waals surface area contributed by atoms with Crippen molar-refractivity contribution < 1.29 is 14.7 Å². The van der Waals surface area contributed by atoms with Crippen LogP contribution in [0.4, 0.5) is 0 Å². The summed E-state index contributed by atoms with van der Waals surface area (Å²) < 4.78 is 3.25. The molecule has 0 aliphatic heterocycles. The molecule has 0 aliphatic carbocycles. The quantitative estimate of drug-likeness (QED) is 0.400. The molecular weight excluding hydrogens is 294 g/mol. The summed E-state index contributed by atoms with van der Waals surface area (Å²) >= 11 is 0.149. The third kappa shape index (κ3) is 32.0. The second kappa shape index (κ2) is 15.6. The molecular formula is C8H21O3PSn. The molecule has 0 aromatic heterocycles. The van der Waals surface area contributed by atoms with Gasteiger partial charge in [0.25, 0.3) is 0 Å². The maximum Gasteiger partial charge on any atom is 0.324 e. The fraction of sp³-hybridized carbons (Fsp3) is 1.00. The Hall–Kier alpha value is 1.11. The summed E-state index contributed by atoms with van der Waals surface area (Å²) in [5.74, 6) is 0. The number of hydrogen-bond donors (Lipinski definition) is 3. The van der Waals surface area contributed by atoms with Gasteiger partial charge in [-0.2, -0.15) is 0 Å². The second-order valence-electron chi connectivity index (χ2n) is 2.73. The number of rotatable bonds is 6. The molecule has 0 atom stereocenters. The van der Waals surface area contributed by atoms with E-state index in [9.17, 15) is 0 Å². The number of hydrogen-bond acceptors (Lipinski definition) is 3. The Balaban J connectivity index is 0. The van der Waals surface area contributed by atoms with E-state index in [0.29, 0.717) is 0 Å². The van der Waals surface area contributed by atoms with Crippen LogP contribution in [0.1, 0.15) is 39.5 Å². The Kier molecular flexibility index (Phi) is 19.8. The van der Waals surface area contributed by atoms with Crippen LogP contribution in [0.2, 0.25) is 8.87 Å². The molecule has 0 aliphatic rings. The summed E-state index contributed by atoms with van der Waals surface area (Å²) in [5, 5.41) is 0. The SMILES string of the molecule is CCC[CH2][Sn][CH2]CCC.OP(O)O. The second-order valence-corrected chi connectivity index (χ2v) is 7.54. The molecule has 0 saturated heterocycles. The van der Waals surface area contributed by atoms with Gasteiger partial charge in [0.05, 0.1) is 0 Å². The molecule has 0 unspecified atom stereocenters. The molecule has 5 heteroatoms. The molecule has 0 aromatic carbocycles. The van der Waals surface area contributed by atoms with E-state index in [1.165, 1.54) is 25.7 Å². The topological polar surface area (TPSA) is 60.7 Å². The zero-order valence-corrected chi connectivity index (χ0v) is 12.3. The van der Waals surface area contributed by atoms with Gasteiger partial charge in [-0.05, 0) is 0 Å². The number of unbranched alkanes of at least 4 members (excludes halogenated alkanes) is 2. The van der Waals surface area contributed by atoms with E-state index in [-0.39, 0.29) is 21.1 Å². The average Bonchev–Trinajstić information content (AvgIpc) is 2.03. The zero-order chi connectivity index (χ0) is 10.5. The van der Waals surface area contributed by atoms with Gasteiger partial charge in [0.2, 0.25) is 0 Å². The summed E-state index contributed by atoms with van der Waals surface area (Å²) in [6.07, 6.45) is 5.84. The van der Waals surface area contributed by atoms with Crippen LogP contribution in [0.3, 0.4) is 0 Å². The van der Waals surface area contributed by atoms with Crippen LogP contribution in [-0.4, -0.2) is 35.8 Å². The Morgan fingerprint density at radius 1 is 0.923 bits per heavy atom. The molecule has 80 valence electrons. The maximum absolute atomic E-state index is 7.23. The van der Waals surface area contributed by atoms with Gasteiger partial charge in [0.15, 0.2) is 0 Å². The molecule has 0 spiro atoms. The van der Waals surface area contributed by atoms with Crippen molar-refractivity contribution in [3.8, 4) is 0 Å². The van der Waals surface area contributed by atoms with Crippen LogP contribution in [-0.2, 0) is 0 Å². The van der Waals surface area contributed by atoms with Gasteiger partial charge in [0, 0.05) is 0 Å². The summed E-state index contributed by atoms with van der Waals surface area (Å²) in [4.78, 5) is 21.7. The first kappa shape index (κ1) is 16.5. The first-order valence-electron chi connectivity index (χ1n) is 4.72. The Morgan fingerprint density at radius 2 is 1.23 bits per heavy atom. The average molecular weight is 315 g/mol. The molecule has 0 rings (SSSR count). The van der Waals surface area contributed by atoms with Crippen LogP contribution in [0.15, 0.2) is 0 Å². The van der Waals surface area contributed by atoms with Crippen molar-refractivity contribution in [2.75, 3.05) is 0 Å². The fourth-order valence-electron chi connectivity index (χ4n) is 0.729. The van der Waals surface area contributed by atoms with Gasteiger partial charge in [-0.25, -0.2) is 0 Å². The molecule has 0 saturated carbocycles. The summed E-state index contributed by atoms with van der Waals surface area (Å²) in [7, 11) is -2.62. The van der Waals surface area contributed by atoms with Crippen molar-refractivity contribution in [1.82, 2.24) is 0 Å². The van der Waals surface area contributed by atoms with E-state index >= 15 is 0 Å². The summed E-state index contributed by atoms with van der Waals surface area (Å²) in [5.41, 5.74) is 0. The molecule has 2 radical (unpaired) electrons. The van der Waals surface area contributed by atoms with E-state index in [4.69, 9.17) is 14.7 Å². The van der Waals surface area contributed by atoms with Gasteiger partial charge >= 0.3 is 78.1 Å². The molecule has 13 heavy (non-hydrogen) atoms. The van der Waals surface area contributed by atoms with E-state index in [2.05, 4.69) is 13.8 Å². The minimum atomic E-state index is -2.62. The van der Waals surface area contributed by atoms with Gasteiger partial charge < -0.3 is 14.7 Å². The van der Waals surface area contributed by atoms with E-state index in [1.807, 2.05) is 0 Å². The molecule has 0 heterocycles. The Labute approximate surface area is 92.8 Å². The minimum absolute atomic E-state index is 0.149. The first-order valence-corrected chi connectivity index (χ1v) is 9.96. The van der Waals surface area contributed by atoms with E-state index < -0.39 is 8.60 Å². The minimum Gasteiger partial charge on any atom is -0.328 e. The molecule has 3 N–H and O–H groups in total.